The van der Waals surface area contributed by atoms with E-state index in [4.69, 9.17) is 11.6 Å². The number of carbonyl (C=O) groups excluding carboxylic acids is 2. The molecule has 0 fully saturated rings. The van der Waals surface area contributed by atoms with E-state index in [2.05, 4.69) is 34.7 Å². The molecule has 1 aromatic heterocycles. The lowest BCUT2D eigenvalue weighted by molar-refractivity contribution is -0.113. The maximum absolute atomic E-state index is 12.9. The summed E-state index contributed by atoms with van der Waals surface area (Å²) in [4.78, 5) is 25.6. The highest BCUT2D eigenvalue weighted by atomic mass is 35.5. The SMILES string of the molecule is CCn1c(SCC(=O)Nc2ccccc2C(C)C)nnc1[C@@H](NC(=O)c1ccccc1Cl)C(C)C. The largest absolute Gasteiger partial charge is 0.342 e. The van der Waals surface area contributed by atoms with Crippen molar-refractivity contribution in [3.63, 3.8) is 0 Å². The molecule has 0 aliphatic carbocycles. The van der Waals surface area contributed by atoms with Crippen LogP contribution in [0.4, 0.5) is 5.69 Å². The van der Waals surface area contributed by atoms with Crippen LogP contribution < -0.4 is 10.6 Å². The molecular weight excluding hydrogens is 482 g/mol. The van der Waals surface area contributed by atoms with Crippen LogP contribution in [0.1, 0.15) is 68.3 Å². The van der Waals surface area contributed by atoms with Gasteiger partial charge in [-0.3, -0.25) is 9.59 Å². The van der Waals surface area contributed by atoms with Crippen LogP contribution in [0.2, 0.25) is 5.02 Å². The van der Waals surface area contributed by atoms with Gasteiger partial charge in [-0.2, -0.15) is 0 Å². The molecule has 2 aromatic carbocycles. The summed E-state index contributed by atoms with van der Waals surface area (Å²) >= 11 is 7.54. The summed E-state index contributed by atoms with van der Waals surface area (Å²) in [5.74, 6) is 0.836. The third-order valence-electron chi connectivity index (χ3n) is 5.60. The number of hydrogen-bond donors (Lipinski definition) is 2. The Balaban J connectivity index is 1.73. The minimum atomic E-state index is -0.368. The summed E-state index contributed by atoms with van der Waals surface area (Å²) in [7, 11) is 0. The minimum Gasteiger partial charge on any atom is -0.342 e. The Bertz CT molecular complexity index is 1180. The van der Waals surface area contributed by atoms with E-state index in [1.54, 1.807) is 24.3 Å². The fourth-order valence-corrected chi connectivity index (χ4v) is 4.79. The predicted octanol–water partition coefficient (Wildman–Crippen LogP) is 5.93. The monoisotopic (exact) mass is 513 g/mol. The summed E-state index contributed by atoms with van der Waals surface area (Å²) in [6.07, 6.45) is 0. The van der Waals surface area contributed by atoms with Gasteiger partial charge in [-0.15, -0.1) is 10.2 Å². The normalized spacial score (nSPS) is 12.1. The van der Waals surface area contributed by atoms with Gasteiger partial charge in [-0.25, -0.2) is 0 Å². The Morgan fingerprint density at radius 3 is 2.37 bits per heavy atom. The molecule has 0 radical (unpaired) electrons. The average Bonchev–Trinajstić information content (AvgIpc) is 3.23. The molecule has 0 unspecified atom stereocenters. The van der Waals surface area contributed by atoms with E-state index in [1.165, 1.54) is 11.8 Å². The maximum Gasteiger partial charge on any atom is 0.253 e. The first kappa shape index (κ1) is 26.8. The van der Waals surface area contributed by atoms with Crippen LogP contribution in [-0.4, -0.2) is 32.3 Å². The molecule has 2 amide bonds. The Labute approximate surface area is 216 Å². The van der Waals surface area contributed by atoms with Gasteiger partial charge in [0, 0.05) is 12.2 Å². The number of hydrogen-bond acceptors (Lipinski definition) is 5. The number of halogens is 1. The molecule has 9 heteroatoms. The van der Waals surface area contributed by atoms with Crippen molar-refractivity contribution in [2.24, 2.45) is 5.92 Å². The molecule has 2 N–H and O–H groups in total. The van der Waals surface area contributed by atoms with Crippen LogP contribution in [0, 0.1) is 5.92 Å². The number of nitrogens with one attached hydrogen (secondary N) is 2. The van der Waals surface area contributed by atoms with Crippen molar-refractivity contribution < 1.29 is 9.59 Å². The van der Waals surface area contributed by atoms with Crippen molar-refractivity contribution in [3.8, 4) is 0 Å². The standard InChI is InChI=1S/C26H32ClN5O2S/c1-6-32-24(23(17(4)5)29-25(34)19-12-7-9-13-20(19)27)30-31-26(32)35-15-22(33)28-21-14-10-8-11-18(21)16(2)3/h7-14,16-17,23H,6,15H2,1-5H3,(H,28,33)(H,29,34)/t23-/m0/s1. The van der Waals surface area contributed by atoms with Gasteiger partial charge >= 0.3 is 0 Å². The number of nitrogens with zero attached hydrogens (tertiary/aromatic N) is 3. The van der Waals surface area contributed by atoms with Gasteiger partial charge in [0.15, 0.2) is 11.0 Å². The molecular formula is C26H32ClN5O2S. The second-order valence-corrected chi connectivity index (χ2v) is 10.2. The van der Waals surface area contributed by atoms with Gasteiger partial charge < -0.3 is 15.2 Å². The average molecular weight is 514 g/mol. The molecule has 0 aliphatic rings. The highest BCUT2D eigenvalue weighted by molar-refractivity contribution is 7.99. The zero-order valence-electron chi connectivity index (χ0n) is 20.7. The van der Waals surface area contributed by atoms with Crippen LogP contribution in [-0.2, 0) is 11.3 Å². The summed E-state index contributed by atoms with van der Waals surface area (Å²) in [5.41, 5.74) is 2.34. The molecule has 0 saturated heterocycles. The summed E-state index contributed by atoms with van der Waals surface area (Å²) in [6.45, 7) is 10.8. The first-order chi connectivity index (χ1) is 16.7. The lowest BCUT2D eigenvalue weighted by Crippen LogP contribution is -2.34. The third kappa shape index (κ3) is 6.64. The lowest BCUT2D eigenvalue weighted by atomic mass is 10.0. The van der Waals surface area contributed by atoms with Crippen molar-refractivity contribution in [1.82, 2.24) is 20.1 Å². The zero-order valence-corrected chi connectivity index (χ0v) is 22.3. The molecule has 0 saturated carbocycles. The molecule has 35 heavy (non-hydrogen) atoms. The number of rotatable bonds is 10. The molecule has 3 rings (SSSR count). The van der Waals surface area contributed by atoms with Crippen LogP contribution in [0.25, 0.3) is 0 Å². The second-order valence-electron chi connectivity index (χ2n) is 8.84. The molecule has 7 nitrogen and oxygen atoms in total. The van der Waals surface area contributed by atoms with Gasteiger partial charge in [0.05, 0.1) is 22.4 Å². The van der Waals surface area contributed by atoms with E-state index in [-0.39, 0.29) is 29.5 Å². The summed E-state index contributed by atoms with van der Waals surface area (Å²) < 4.78 is 1.94. The van der Waals surface area contributed by atoms with E-state index in [0.717, 1.165) is 11.3 Å². The van der Waals surface area contributed by atoms with Crippen molar-refractivity contribution in [2.75, 3.05) is 11.1 Å². The highest BCUT2D eigenvalue weighted by Crippen LogP contribution is 2.27. The van der Waals surface area contributed by atoms with Crippen molar-refractivity contribution in [2.45, 2.75) is 58.3 Å². The Kier molecular flexibility index (Phi) is 9.34. The highest BCUT2D eigenvalue weighted by Gasteiger charge is 2.27. The van der Waals surface area contributed by atoms with Gasteiger partial charge in [-0.1, -0.05) is 81.4 Å². The molecule has 0 bridgehead atoms. The van der Waals surface area contributed by atoms with E-state index < -0.39 is 0 Å². The molecule has 0 spiro atoms. The van der Waals surface area contributed by atoms with E-state index >= 15 is 0 Å². The van der Waals surface area contributed by atoms with E-state index in [9.17, 15) is 9.59 Å². The maximum atomic E-state index is 12.9. The number of thioether (sulfide) groups is 1. The van der Waals surface area contributed by atoms with Gasteiger partial charge in [-0.05, 0) is 42.5 Å². The van der Waals surface area contributed by atoms with Crippen LogP contribution in [0.15, 0.2) is 53.7 Å². The topological polar surface area (TPSA) is 88.9 Å². The third-order valence-corrected chi connectivity index (χ3v) is 6.90. The first-order valence-corrected chi connectivity index (χ1v) is 13.1. The summed E-state index contributed by atoms with van der Waals surface area (Å²) in [6, 6.07) is 14.4. The number of anilines is 1. The van der Waals surface area contributed by atoms with Crippen LogP contribution >= 0.6 is 23.4 Å². The zero-order chi connectivity index (χ0) is 25.5. The van der Waals surface area contributed by atoms with Crippen LogP contribution in [0.3, 0.4) is 0 Å². The lowest BCUT2D eigenvalue weighted by Gasteiger charge is -2.22. The summed E-state index contributed by atoms with van der Waals surface area (Å²) in [5, 5.41) is 15.8. The molecule has 186 valence electrons. The van der Waals surface area contributed by atoms with E-state index in [1.807, 2.05) is 49.6 Å². The van der Waals surface area contributed by atoms with Crippen LogP contribution in [0.5, 0.6) is 0 Å². The van der Waals surface area contributed by atoms with Crippen molar-refractivity contribution >= 4 is 40.9 Å². The van der Waals surface area contributed by atoms with Gasteiger partial charge in [0.2, 0.25) is 5.91 Å². The first-order valence-electron chi connectivity index (χ1n) is 11.7. The smallest absolute Gasteiger partial charge is 0.253 e. The molecule has 3 aromatic rings. The van der Waals surface area contributed by atoms with Crippen molar-refractivity contribution in [3.05, 3.63) is 70.5 Å². The fourth-order valence-electron chi connectivity index (χ4n) is 3.76. The number of carbonyl (C=O) groups is 2. The fraction of sp³-hybridized carbons (Fsp3) is 0.385. The number of para-hydroxylation sites is 1. The van der Waals surface area contributed by atoms with Gasteiger partial charge in [0.25, 0.3) is 5.91 Å². The molecule has 1 heterocycles. The minimum absolute atomic E-state index is 0.0598. The molecule has 0 aliphatic heterocycles. The Morgan fingerprint density at radius 2 is 1.71 bits per heavy atom. The second kappa shape index (κ2) is 12.2. The van der Waals surface area contributed by atoms with E-state index in [0.29, 0.717) is 34.0 Å². The number of amides is 2. The number of aromatic nitrogens is 3. The number of benzene rings is 2. The predicted molar refractivity (Wildman–Crippen MR) is 142 cm³/mol. The quantitative estimate of drug-likeness (QED) is 0.328. The Morgan fingerprint density at radius 1 is 1.03 bits per heavy atom. The van der Waals surface area contributed by atoms with Crippen molar-refractivity contribution in [1.29, 1.82) is 0 Å². The molecule has 1 atom stereocenters. The van der Waals surface area contributed by atoms with Gasteiger partial charge in [0.1, 0.15) is 0 Å². The Hall–Kier alpha value is -2.84.